The first kappa shape index (κ1) is 16.6. The maximum absolute atomic E-state index is 12.8. The van der Waals surface area contributed by atoms with Crippen molar-refractivity contribution in [2.75, 3.05) is 11.9 Å². The molecule has 1 aliphatic carbocycles. The number of anilines is 1. The summed E-state index contributed by atoms with van der Waals surface area (Å²) in [6.45, 7) is 2.12. The number of ether oxygens (including phenoxy) is 1. The summed E-state index contributed by atoms with van der Waals surface area (Å²) in [6, 6.07) is 9.89. The van der Waals surface area contributed by atoms with Crippen molar-refractivity contribution in [1.29, 1.82) is 0 Å². The molecule has 1 N–H and O–H groups in total. The molecule has 0 radical (unpaired) electrons. The van der Waals surface area contributed by atoms with E-state index in [4.69, 9.17) is 4.74 Å². The van der Waals surface area contributed by atoms with Gasteiger partial charge in [-0.25, -0.2) is 4.98 Å². The number of hydrogen-bond acceptors (Lipinski definition) is 5. The molecular formula is C18H20N2O3S. The Morgan fingerprint density at radius 1 is 1.29 bits per heavy atom. The normalized spacial score (nSPS) is 15.4. The van der Waals surface area contributed by atoms with Crippen LogP contribution in [0.3, 0.4) is 0 Å². The van der Waals surface area contributed by atoms with Gasteiger partial charge in [0, 0.05) is 5.38 Å². The quantitative estimate of drug-likeness (QED) is 0.816. The van der Waals surface area contributed by atoms with E-state index in [-0.39, 0.29) is 18.3 Å². The first-order valence-electron chi connectivity index (χ1n) is 8.11. The number of nitrogens with zero attached hydrogens (tertiary/aromatic N) is 1. The molecule has 0 saturated heterocycles. The molecule has 0 aliphatic heterocycles. The first-order chi connectivity index (χ1) is 11.6. The van der Waals surface area contributed by atoms with Gasteiger partial charge in [-0.15, -0.1) is 11.3 Å². The Labute approximate surface area is 145 Å². The highest BCUT2D eigenvalue weighted by Crippen LogP contribution is 2.44. The predicted molar refractivity (Wildman–Crippen MR) is 93.1 cm³/mol. The van der Waals surface area contributed by atoms with Gasteiger partial charge in [-0.05, 0) is 25.3 Å². The third kappa shape index (κ3) is 3.33. The van der Waals surface area contributed by atoms with E-state index >= 15 is 0 Å². The van der Waals surface area contributed by atoms with Crippen molar-refractivity contribution in [3.63, 3.8) is 0 Å². The minimum Gasteiger partial charge on any atom is -0.466 e. The van der Waals surface area contributed by atoms with Gasteiger partial charge in [0.15, 0.2) is 5.13 Å². The molecule has 2 aromatic rings. The monoisotopic (exact) mass is 344 g/mol. The van der Waals surface area contributed by atoms with Gasteiger partial charge in [0.05, 0.1) is 24.1 Å². The van der Waals surface area contributed by atoms with E-state index < -0.39 is 5.41 Å². The highest BCUT2D eigenvalue weighted by Gasteiger charge is 2.45. The lowest BCUT2D eigenvalue weighted by Crippen LogP contribution is -2.45. The second-order valence-corrected chi connectivity index (χ2v) is 6.74. The highest BCUT2D eigenvalue weighted by atomic mass is 32.1. The Morgan fingerprint density at radius 3 is 2.67 bits per heavy atom. The molecule has 1 amide bonds. The molecular weight excluding hydrogens is 324 g/mol. The maximum atomic E-state index is 12.8. The first-order valence-corrected chi connectivity index (χ1v) is 8.99. The smallest absolute Gasteiger partial charge is 0.311 e. The summed E-state index contributed by atoms with van der Waals surface area (Å²) in [5, 5.41) is 5.23. The van der Waals surface area contributed by atoms with E-state index in [1.807, 2.05) is 30.3 Å². The largest absolute Gasteiger partial charge is 0.466 e. The van der Waals surface area contributed by atoms with Crippen LogP contribution in [0.1, 0.15) is 37.4 Å². The number of rotatable bonds is 6. The van der Waals surface area contributed by atoms with Crippen LogP contribution in [0.25, 0.3) is 0 Å². The van der Waals surface area contributed by atoms with Crippen molar-refractivity contribution >= 4 is 28.3 Å². The molecule has 1 heterocycles. The molecule has 1 aromatic carbocycles. The molecule has 1 aromatic heterocycles. The van der Waals surface area contributed by atoms with Crippen LogP contribution < -0.4 is 5.32 Å². The molecule has 0 bridgehead atoms. The molecule has 126 valence electrons. The Morgan fingerprint density at radius 2 is 2.04 bits per heavy atom. The lowest BCUT2D eigenvalue weighted by molar-refractivity contribution is -0.142. The lowest BCUT2D eigenvalue weighted by Gasteiger charge is -2.40. The van der Waals surface area contributed by atoms with Gasteiger partial charge in [0.2, 0.25) is 5.91 Å². The fourth-order valence-corrected chi connectivity index (χ4v) is 3.66. The molecule has 1 saturated carbocycles. The molecule has 24 heavy (non-hydrogen) atoms. The van der Waals surface area contributed by atoms with E-state index in [1.54, 1.807) is 12.3 Å². The van der Waals surface area contributed by atoms with Gasteiger partial charge >= 0.3 is 5.97 Å². The Hall–Kier alpha value is -2.21. The topological polar surface area (TPSA) is 68.3 Å². The molecule has 5 nitrogen and oxygen atoms in total. The summed E-state index contributed by atoms with van der Waals surface area (Å²) < 4.78 is 4.91. The van der Waals surface area contributed by atoms with E-state index in [0.29, 0.717) is 17.4 Å². The minimum atomic E-state index is -0.450. The van der Waals surface area contributed by atoms with Crippen molar-refractivity contribution in [1.82, 2.24) is 4.98 Å². The maximum Gasteiger partial charge on any atom is 0.311 e. The van der Waals surface area contributed by atoms with Crippen molar-refractivity contribution in [3.05, 3.63) is 47.0 Å². The highest BCUT2D eigenvalue weighted by molar-refractivity contribution is 7.14. The third-order valence-electron chi connectivity index (χ3n) is 4.37. The minimum absolute atomic E-state index is 0.0167. The molecule has 0 spiro atoms. The Bertz CT molecular complexity index is 723. The molecule has 6 heteroatoms. The van der Waals surface area contributed by atoms with Crippen molar-refractivity contribution in [3.8, 4) is 0 Å². The van der Waals surface area contributed by atoms with Crippen LogP contribution in [0.5, 0.6) is 0 Å². The Balaban J connectivity index is 1.68. The predicted octanol–water partition coefficient (Wildman–Crippen LogP) is 3.31. The van der Waals surface area contributed by atoms with Crippen molar-refractivity contribution in [2.45, 2.75) is 38.0 Å². The number of carbonyl (C=O) groups is 2. The van der Waals surface area contributed by atoms with Crippen LogP contribution in [0.4, 0.5) is 5.13 Å². The van der Waals surface area contributed by atoms with Crippen molar-refractivity contribution in [2.24, 2.45) is 0 Å². The number of esters is 1. The third-order valence-corrected chi connectivity index (χ3v) is 5.18. The second kappa shape index (κ2) is 7.13. The van der Waals surface area contributed by atoms with E-state index in [1.165, 1.54) is 11.3 Å². The van der Waals surface area contributed by atoms with Gasteiger partial charge < -0.3 is 10.1 Å². The van der Waals surface area contributed by atoms with E-state index in [2.05, 4.69) is 10.3 Å². The second-order valence-electron chi connectivity index (χ2n) is 5.88. The average Bonchev–Trinajstić information content (AvgIpc) is 2.94. The number of hydrogen-bond donors (Lipinski definition) is 1. The SMILES string of the molecule is CCOC(=O)Cc1csc(NC(=O)C2(c3ccccc3)CCC2)n1. The number of thiazole rings is 1. The summed E-state index contributed by atoms with van der Waals surface area (Å²) in [5.74, 6) is -0.322. The summed E-state index contributed by atoms with van der Waals surface area (Å²) in [7, 11) is 0. The standard InChI is InChI=1S/C18H20N2O3S/c1-2-23-15(21)11-14-12-24-17(19-14)20-16(22)18(9-6-10-18)13-7-4-3-5-8-13/h3-5,7-8,12H,2,6,9-11H2,1H3,(H,19,20,22). The van der Waals surface area contributed by atoms with Gasteiger partial charge in [0.25, 0.3) is 0 Å². The van der Waals surface area contributed by atoms with Crippen LogP contribution in [0, 0.1) is 0 Å². The zero-order valence-corrected chi connectivity index (χ0v) is 14.4. The molecule has 0 atom stereocenters. The molecule has 3 rings (SSSR count). The summed E-state index contributed by atoms with van der Waals surface area (Å²) in [6.07, 6.45) is 2.88. The zero-order chi connectivity index (χ0) is 17.0. The van der Waals surface area contributed by atoms with Crippen LogP contribution in [-0.4, -0.2) is 23.5 Å². The molecule has 0 unspecified atom stereocenters. The van der Waals surface area contributed by atoms with Gasteiger partial charge in [-0.2, -0.15) is 0 Å². The summed E-state index contributed by atoms with van der Waals surface area (Å²) in [5.41, 5.74) is 1.22. The van der Waals surface area contributed by atoms with Crippen LogP contribution in [-0.2, 0) is 26.2 Å². The lowest BCUT2D eigenvalue weighted by atomic mass is 9.64. The van der Waals surface area contributed by atoms with Crippen LogP contribution in [0.2, 0.25) is 0 Å². The van der Waals surface area contributed by atoms with Crippen molar-refractivity contribution < 1.29 is 14.3 Å². The summed E-state index contributed by atoms with van der Waals surface area (Å²) >= 11 is 1.33. The zero-order valence-electron chi connectivity index (χ0n) is 13.6. The number of benzene rings is 1. The van der Waals surface area contributed by atoms with Gasteiger partial charge in [-0.3, -0.25) is 9.59 Å². The van der Waals surface area contributed by atoms with Crippen LogP contribution >= 0.6 is 11.3 Å². The van der Waals surface area contributed by atoms with Crippen LogP contribution in [0.15, 0.2) is 35.7 Å². The fourth-order valence-electron chi connectivity index (χ4n) is 2.96. The van der Waals surface area contributed by atoms with E-state index in [9.17, 15) is 9.59 Å². The number of amides is 1. The molecule has 1 aliphatic rings. The van der Waals surface area contributed by atoms with E-state index in [0.717, 1.165) is 24.8 Å². The Kier molecular flexibility index (Phi) is 4.94. The molecule has 1 fully saturated rings. The summed E-state index contributed by atoms with van der Waals surface area (Å²) in [4.78, 5) is 28.6. The fraction of sp³-hybridized carbons (Fsp3) is 0.389. The number of carbonyl (C=O) groups excluding carboxylic acids is 2. The number of nitrogens with one attached hydrogen (secondary N) is 1. The average molecular weight is 344 g/mol. The van der Waals surface area contributed by atoms with Gasteiger partial charge in [-0.1, -0.05) is 36.8 Å². The van der Waals surface area contributed by atoms with Gasteiger partial charge in [0.1, 0.15) is 0 Å². The number of aromatic nitrogens is 1.